The van der Waals surface area contributed by atoms with E-state index in [1.54, 1.807) is 22.7 Å². The molecule has 1 radical (unpaired) electrons. The molecule has 2 aromatic heterocycles. The number of aryl methyl sites for hydroxylation is 7. The van der Waals surface area contributed by atoms with E-state index in [4.69, 9.17) is 89.0 Å². The van der Waals surface area contributed by atoms with Crippen LogP contribution in [0, 0.1) is 119 Å². The van der Waals surface area contributed by atoms with E-state index in [1.165, 1.54) is 38.6 Å². The Bertz CT molecular complexity index is 2440. The van der Waals surface area contributed by atoms with Crippen molar-refractivity contribution in [1.82, 2.24) is 9.97 Å². The molecule has 5 aromatic carbocycles. The number of thiazole rings is 2. The van der Waals surface area contributed by atoms with Gasteiger partial charge in [-0.1, -0.05) is 83.5 Å². The van der Waals surface area contributed by atoms with Gasteiger partial charge in [0.15, 0.2) is 0 Å². The van der Waals surface area contributed by atoms with Crippen LogP contribution in [0.25, 0.3) is 20.4 Å². The number of hydrogen-bond acceptors (Lipinski definition) is 13. The van der Waals surface area contributed by atoms with E-state index in [-0.39, 0.29) is 185 Å². The van der Waals surface area contributed by atoms with Crippen molar-refractivity contribution in [3.8, 4) is 0 Å². The fourth-order valence-corrected chi connectivity index (χ4v) is 6.79. The van der Waals surface area contributed by atoms with E-state index < -0.39 is 0 Å². The monoisotopic (exact) mass is 1110 g/mol. The van der Waals surface area contributed by atoms with Gasteiger partial charge in [0, 0.05) is 75.4 Å². The molecule has 1 unspecified atom stereocenters. The largest absolute Gasteiger partial charge is 4.00 e. The summed E-state index contributed by atoms with van der Waals surface area (Å²) in [5, 5.41) is 45.5. The molecule has 343 valence electrons. The van der Waals surface area contributed by atoms with Crippen LogP contribution in [0.5, 0.6) is 0 Å². The number of nitrogens with one attached hydrogen (secondary N) is 2. The minimum atomic E-state index is -0.0319. The van der Waals surface area contributed by atoms with Gasteiger partial charge in [0.05, 0.1) is 35.2 Å². The molecule has 0 saturated heterocycles. The number of aromatic nitrogens is 2. The van der Waals surface area contributed by atoms with Crippen molar-refractivity contribution in [3.05, 3.63) is 186 Å². The second-order valence-electron chi connectivity index (χ2n) is 12.2. The van der Waals surface area contributed by atoms with Crippen molar-refractivity contribution in [2.45, 2.75) is 62.8 Å². The SMILES string of the molecule is C.CC(=O)Nc1cccc(C)c1.Cc1ccc2sc(C)nc2c1.Cc1cccc(N)c1.Cc1cccc(NC(P)=S)c1.Cc1nc2cccc(C)c2s1.[C-]#N.[C-]#N.[C-]#N.[C-]#N.[C-]#N.[C-]#N.[Fe+4].[K+].[K+].[K]. The van der Waals surface area contributed by atoms with Crippen LogP contribution in [0.3, 0.4) is 0 Å². The maximum absolute atomic E-state index is 10.6. The molecule has 69 heavy (non-hydrogen) atoms. The maximum Gasteiger partial charge on any atom is 4.00 e. The molecule has 12 nitrogen and oxygen atoms in total. The summed E-state index contributed by atoms with van der Waals surface area (Å²) < 4.78 is 3.33. The fraction of sp³-hybridized carbons (Fsp3) is 0.184. The average molecular weight is 1110 g/mol. The molecule has 1 amide bonds. The number of nitrogens with zero attached hydrogens (tertiary/aromatic N) is 8. The van der Waals surface area contributed by atoms with E-state index in [0.29, 0.717) is 0 Å². The van der Waals surface area contributed by atoms with E-state index in [1.807, 2.05) is 88.4 Å². The van der Waals surface area contributed by atoms with Crippen molar-refractivity contribution in [3.63, 3.8) is 0 Å². The van der Waals surface area contributed by atoms with Crippen molar-refractivity contribution in [2.75, 3.05) is 16.4 Å². The minimum absolute atomic E-state index is 0. The van der Waals surface area contributed by atoms with Gasteiger partial charge in [0.25, 0.3) is 0 Å². The van der Waals surface area contributed by atoms with E-state index in [0.717, 1.165) is 48.4 Å². The molecule has 0 saturated carbocycles. The number of carbonyl (C=O) groups is 1. The first-order chi connectivity index (χ1) is 30.7. The normalized spacial score (nSPS) is 7.61. The quantitative estimate of drug-likeness (QED) is 0.0536. The summed E-state index contributed by atoms with van der Waals surface area (Å²) >= 11 is 8.39. The third-order valence-electron chi connectivity index (χ3n) is 7.03. The first-order valence-electron chi connectivity index (χ1n) is 18.0. The topological polar surface area (TPSA) is 236 Å². The molecule has 0 fully saturated rings. The zero-order valence-corrected chi connectivity index (χ0v) is 54.2. The van der Waals surface area contributed by atoms with E-state index in [9.17, 15) is 4.79 Å². The van der Waals surface area contributed by atoms with Crippen LogP contribution >= 0.6 is 44.1 Å². The zero-order valence-electron chi connectivity index (χ0n) is 40.1. The van der Waals surface area contributed by atoms with Gasteiger partial charge < -0.3 is 87.4 Å². The summed E-state index contributed by atoms with van der Waals surface area (Å²) in [6.45, 7) is 44.4. The molecule has 0 bridgehead atoms. The molecule has 0 spiro atoms. The molecule has 7 rings (SSSR count). The number of hydrogen-bond donors (Lipinski definition) is 3. The van der Waals surface area contributed by atoms with Crippen molar-refractivity contribution in [1.29, 1.82) is 31.6 Å². The van der Waals surface area contributed by atoms with Gasteiger partial charge in [-0.25, -0.2) is 9.97 Å². The Hall–Kier alpha value is -2.16. The van der Waals surface area contributed by atoms with Gasteiger partial charge >= 0.3 is 120 Å². The Morgan fingerprint density at radius 3 is 1.36 bits per heavy atom. The summed E-state index contributed by atoms with van der Waals surface area (Å²) in [5.41, 5.74) is 16.7. The number of amides is 1. The van der Waals surface area contributed by atoms with Gasteiger partial charge in [0.2, 0.25) is 5.91 Å². The van der Waals surface area contributed by atoms with Gasteiger partial charge in [-0.3, -0.25) is 4.79 Å². The van der Waals surface area contributed by atoms with E-state index >= 15 is 0 Å². The predicted octanol–water partition coefficient (Wildman–Crippen LogP) is 6.76. The van der Waals surface area contributed by atoms with Crippen molar-refractivity contribution >= 4 is 144 Å². The molecular formula is C49H52FeK3N11OPS3. The van der Waals surface area contributed by atoms with Crippen molar-refractivity contribution < 1.29 is 125 Å². The Morgan fingerprint density at radius 2 is 0.971 bits per heavy atom. The Balaban J connectivity index is -0.0000000869. The number of nitrogen functional groups attached to an aromatic ring is 1. The smallest absolute Gasteiger partial charge is 0.512 e. The van der Waals surface area contributed by atoms with Crippen LogP contribution in [-0.2, 0) is 21.9 Å². The summed E-state index contributed by atoms with van der Waals surface area (Å²) in [6.07, 6.45) is 0. The molecule has 1 atom stereocenters. The third kappa shape index (κ3) is 43.2. The Kier molecular flexibility index (Phi) is 71.2. The van der Waals surface area contributed by atoms with E-state index in [2.05, 4.69) is 99.1 Å². The van der Waals surface area contributed by atoms with Crippen LogP contribution in [0.4, 0.5) is 17.1 Å². The summed E-state index contributed by atoms with van der Waals surface area (Å²) in [5.74, 6) is -0.0319. The Labute approximate surface area is 565 Å². The zero-order chi connectivity index (χ0) is 50.2. The summed E-state index contributed by atoms with van der Waals surface area (Å²) in [6, 6.07) is 36.2. The molecule has 4 N–H and O–H groups in total. The number of carbonyl (C=O) groups excluding carboxylic acids is 1. The van der Waals surface area contributed by atoms with Gasteiger partial charge in [-0.15, -0.1) is 22.7 Å². The van der Waals surface area contributed by atoms with Crippen LogP contribution in [0.15, 0.2) is 109 Å². The third-order valence-corrected chi connectivity index (χ3v) is 9.36. The van der Waals surface area contributed by atoms with Gasteiger partial charge in [-0.2, -0.15) is 0 Å². The standard InChI is InChI=1S/C9H11NO.2C9H9NS.C8H10NPS.C7H9N.6CN.CH4.Fe.3K/c1-7-4-3-5-9(6-7)10-8(2)11;1-6-3-4-9-8(5-6)10-7(2)11-9;1-6-4-3-5-8-9(6)11-7(2)10-8;1-6-3-2-4-7(5-6)9-8(10)11;1-6-3-2-4-7(8)5-6;6*1-2;;;;;/h3-6H,1-2H3,(H,10,11);2*3-5H,1-2H3;2-5H,10H2,1H3,(H,9,11);2-5H,8H2,1H3;;;;;;;1H4;;;;/q;;;;;6*-1;;+4;;2*+1. The molecular weight excluding hydrogens is 1060 g/mol. The molecule has 0 aliphatic carbocycles. The molecule has 0 aliphatic heterocycles. The molecule has 7 aromatic rings. The van der Waals surface area contributed by atoms with Crippen LogP contribution in [0.2, 0.25) is 0 Å². The van der Waals surface area contributed by atoms with Crippen molar-refractivity contribution in [2.24, 2.45) is 0 Å². The van der Waals surface area contributed by atoms with Gasteiger partial charge in [-0.05, 0) is 131 Å². The average Bonchev–Trinajstić information content (AvgIpc) is 3.86. The number of anilines is 3. The van der Waals surface area contributed by atoms with Crippen LogP contribution in [-0.4, -0.2) is 72.0 Å². The molecule has 20 heteroatoms. The maximum atomic E-state index is 10.6. The number of fused-ring (bicyclic) bond motifs is 2. The summed E-state index contributed by atoms with van der Waals surface area (Å²) in [4.78, 5) is 19.4. The van der Waals surface area contributed by atoms with Crippen LogP contribution < -0.4 is 119 Å². The molecule has 0 aliphatic rings. The second-order valence-corrected chi connectivity index (χ2v) is 16.1. The summed E-state index contributed by atoms with van der Waals surface area (Å²) in [7, 11) is 2.44. The number of benzene rings is 5. The predicted molar refractivity (Wildman–Crippen MR) is 279 cm³/mol. The number of nitrogens with two attached hydrogens (primary N) is 1. The first-order valence-corrected chi connectivity index (χ1v) is 20.6. The Morgan fingerprint density at radius 1 is 0.580 bits per heavy atom. The number of thiocarbonyl (C=S) groups is 1. The fourth-order valence-electron chi connectivity index (χ4n) is 4.81. The number of rotatable bonds is 2. The van der Waals surface area contributed by atoms with Crippen LogP contribution in [0.1, 0.15) is 52.2 Å². The van der Waals surface area contributed by atoms with Gasteiger partial charge in [0.1, 0.15) is 0 Å². The molecule has 2 heterocycles. The first kappa shape index (κ1) is 86.6. The second kappa shape index (κ2) is 56.7. The minimum Gasteiger partial charge on any atom is -0.512 e.